The SMILES string of the molecule is CO[C@H]1/C=C/O[C@@]2(C)Oc3c(C)c(O)c4c(O)c(c5c(c4c3C2=O)=NC2(CCN(CC(C)C)CC2)N=5)NC(=O)/C(C)=C\C=C\[C@H](C)[C@H](OC(=O)CN(C)CC(=O)Nc2ccc(CC(P(=O)(O)O)P(=O)(O)O)cc2)[C@@H](C)[C@@H](O)[C@@H](C)[C@H](OC(C)=O)[C@@H]1C. The van der Waals surface area contributed by atoms with E-state index in [2.05, 4.69) is 29.4 Å². The predicted molar refractivity (Wildman–Crippen MR) is 316 cm³/mol. The quantitative estimate of drug-likeness (QED) is 0.0576. The number of carbonyl (C=O) groups is 5. The number of Topliss-reactive ketones (excluding diaryl/α,β-unsaturated/α-hetero) is 1. The fourth-order valence-electron chi connectivity index (χ4n) is 11.7. The third-order valence-electron chi connectivity index (χ3n) is 16.4. The number of ketones is 1. The number of fused-ring (bicyclic) bond motifs is 13. The van der Waals surface area contributed by atoms with Crippen molar-refractivity contribution in [2.24, 2.45) is 39.6 Å². The number of piperidine rings is 1. The molecule has 86 heavy (non-hydrogen) atoms. The summed E-state index contributed by atoms with van der Waals surface area (Å²) in [6.07, 6.45) is 3.29. The molecule has 5 aliphatic rings. The molecule has 9 atom stereocenters. The zero-order chi connectivity index (χ0) is 63.7. The van der Waals surface area contributed by atoms with Gasteiger partial charge in [-0.25, -0.2) is 0 Å². The van der Waals surface area contributed by atoms with Crippen molar-refractivity contribution < 1.29 is 91.7 Å². The summed E-state index contributed by atoms with van der Waals surface area (Å²) in [7, 11) is -7.47. The highest BCUT2D eigenvalue weighted by molar-refractivity contribution is 7.70. The molecule has 1 spiro atoms. The van der Waals surface area contributed by atoms with Gasteiger partial charge in [-0.15, -0.1) is 0 Å². The predicted octanol–water partition coefficient (Wildman–Crippen LogP) is 5.09. The van der Waals surface area contributed by atoms with Gasteiger partial charge >= 0.3 is 32.9 Å². The number of aromatic hydroxyl groups is 2. The van der Waals surface area contributed by atoms with Crippen LogP contribution in [-0.2, 0) is 53.7 Å². The first-order chi connectivity index (χ1) is 40.1. The zero-order valence-electron chi connectivity index (χ0n) is 50.3. The van der Waals surface area contributed by atoms with Crippen molar-refractivity contribution >= 4 is 66.9 Å². The van der Waals surface area contributed by atoms with Gasteiger partial charge in [0.15, 0.2) is 16.8 Å². The largest absolute Gasteiger partial charge is 0.507 e. The van der Waals surface area contributed by atoms with Gasteiger partial charge in [0.05, 0.1) is 47.9 Å². The van der Waals surface area contributed by atoms with Crippen molar-refractivity contribution in [3.8, 4) is 17.2 Å². The van der Waals surface area contributed by atoms with E-state index in [4.69, 9.17) is 33.7 Å². The Bertz CT molecular complexity index is 3420. The van der Waals surface area contributed by atoms with Crippen molar-refractivity contribution in [1.82, 2.24) is 9.80 Å². The van der Waals surface area contributed by atoms with Gasteiger partial charge in [-0.1, -0.05) is 71.9 Å². The number of likely N-dealkylation sites (N-methyl/N-ethyl adjacent to an activating group) is 1. The van der Waals surface area contributed by atoms with Crippen LogP contribution in [0.2, 0.25) is 0 Å². The van der Waals surface area contributed by atoms with Gasteiger partial charge in [-0.2, -0.15) is 0 Å². The number of allylic oxidation sites excluding steroid dienone is 2. The highest BCUT2D eigenvalue weighted by Crippen LogP contribution is 2.61. The molecule has 470 valence electrons. The highest BCUT2D eigenvalue weighted by Gasteiger charge is 2.51. The third kappa shape index (κ3) is 14.8. The third-order valence-corrected chi connectivity index (χ3v) is 20.1. The summed E-state index contributed by atoms with van der Waals surface area (Å²) in [5, 5.41) is 40.0. The lowest BCUT2D eigenvalue weighted by Gasteiger charge is -2.39. The number of aliphatic hydroxyl groups is 1. The van der Waals surface area contributed by atoms with Crippen LogP contribution < -0.4 is 26.1 Å². The molecule has 0 saturated carbocycles. The standard InChI is InChI=1S/C59H80N6O19P2/c1-30(2)27-65-23-21-59(22-24-65)62-47-44-45-51(70)36(8)55-46(44)56(72)58(10,84-55)81-25-20-40(80-12)33(5)54(82-37(9)66)35(7)50(69)34(6)53(31(3)14-13-15-32(4)57(73)61-49(52(45)71)48(47)63-59)83-42(68)29-64(11)28-41(67)60-39-18-16-38(17-19-39)26-43(85(74,75)76)86(77,78)79/h13-20,25,30-31,33-35,40,43,50,53-54,69-71H,21-24,26-29H2,1-12H3,(H,60,67)(H,61,73)(H2,74,75,76)(H2,77,78,79)/b14-13+,25-20+,32-15-/t31-,33+,34-,35+,40-,50+,53-,54+,58-/m0/s1. The van der Waals surface area contributed by atoms with Crippen molar-refractivity contribution in [2.75, 3.05) is 57.5 Å². The Labute approximate surface area is 498 Å². The molecule has 8 rings (SSSR count). The summed E-state index contributed by atoms with van der Waals surface area (Å²) in [5.41, 5.74) is -0.565. The molecule has 1 saturated heterocycles. The van der Waals surface area contributed by atoms with Crippen LogP contribution in [0.5, 0.6) is 17.2 Å². The van der Waals surface area contributed by atoms with E-state index in [9.17, 15) is 68.0 Å². The lowest BCUT2D eigenvalue weighted by atomic mass is 9.78. The summed E-state index contributed by atoms with van der Waals surface area (Å²) in [6, 6.07) is 5.45. The number of phenols is 2. The molecule has 5 bridgehead atoms. The average molecular weight is 1240 g/mol. The normalized spacial score (nSPS) is 27.0. The van der Waals surface area contributed by atoms with Crippen LogP contribution in [0.4, 0.5) is 11.4 Å². The maximum Gasteiger partial charge on any atom is 0.341 e. The molecule has 0 aromatic heterocycles. The van der Waals surface area contributed by atoms with Gasteiger partial charge < -0.3 is 74.1 Å². The van der Waals surface area contributed by atoms with E-state index in [0.717, 1.165) is 6.54 Å². The first-order valence-electron chi connectivity index (χ1n) is 28.4. The van der Waals surface area contributed by atoms with Gasteiger partial charge in [0.1, 0.15) is 34.8 Å². The monoisotopic (exact) mass is 1240 g/mol. The number of likely N-dealkylation sites (tertiary alicyclic amines) is 1. The van der Waals surface area contributed by atoms with E-state index in [-0.39, 0.29) is 67.4 Å². The van der Waals surface area contributed by atoms with E-state index >= 15 is 0 Å². The maximum atomic E-state index is 15.0. The Morgan fingerprint density at radius 2 is 1.50 bits per heavy atom. The number of hydrogen-bond acceptors (Lipinski definition) is 19. The van der Waals surface area contributed by atoms with Crippen molar-refractivity contribution in [2.45, 2.75) is 130 Å². The number of anilines is 2. The Morgan fingerprint density at radius 3 is 2.09 bits per heavy atom. The fourth-order valence-corrected chi connectivity index (χ4v) is 14.1. The second-order valence-electron chi connectivity index (χ2n) is 23.7. The molecular formula is C59H80N6O19P2. The number of hydrogen-bond donors (Lipinski definition) is 9. The van der Waals surface area contributed by atoms with Crippen LogP contribution in [0, 0.1) is 36.5 Å². The molecule has 1 fully saturated rings. The minimum atomic E-state index is -5.18. The Morgan fingerprint density at radius 1 is 0.884 bits per heavy atom. The first-order valence-corrected chi connectivity index (χ1v) is 31.7. The second kappa shape index (κ2) is 26.5. The van der Waals surface area contributed by atoms with Crippen LogP contribution in [-0.4, -0.2) is 162 Å². The molecule has 3 aromatic carbocycles. The molecule has 0 radical (unpaired) electrons. The maximum absolute atomic E-state index is 15.0. The van der Waals surface area contributed by atoms with Crippen LogP contribution in [0.15, 0.2) is 70.4 Å². The molecule has 9 N–H and O–H groups in total. The summed E-state index contributed by atoms with van der Waals surface area (Å²) < 4.78 is 54.1. The topological polar surface area (TPSA) is 363 Å². The van der Waals surface area contributed by atoms with Crippen molar-refractivity contribution in [3.05, 3.63) is 87.8 Å². The molecule has 0 unspecified atom stereocenters. The number of esters is 2. The number of methoxy groups -OCH3 is 1. The average Bonchev–Trinajstić information content (AvgIpc) is 1.51. The van der Waals surface area contributed by atoms with Crippen molar-refractivity contribution in [1.29, 1.82) is 0 Å². The fraction of sp³-hybridized carbons (Fsp3) is 0.542. The Kier molecular flexibility index (Phi) is 20.7. The number of phenolic OH excluding ortho intramolecular Hbond substituents is 2. The van der Waals surface area contributed by atoms with Crippen LogP contribution in [0.3, 0.4) is 0 Å². The Hall–Kier alpha value is -6.37. The molecule has 0 aliphatic carbocycles. The number of rotatable bonds is 14. The lowest BCUT2D eigenvalue weighted by Crippen LogP contribution is -2.48. The lowest BCUT2D eigenvalue weighted by molar-refractivity contribution is -0.165. The summed E-state index contributed by atoms with van der Waals surface area (Å²) in [6.45, 7) is 18.0. The second-order valence-corrected chi connectivity index (χ2v) is 27.7. The number of ether oxygens (including phenoxy) is 5. The number of benzene rings is 3. The number of nitrogens with zero attached hydrogens (tertiary/aromatic N) is 4. The van der Waals surface area contributed by atoms with Gasteiger partial charge in [0.2, 0.25) is 5.91 Å². The smallest absolute Gasteiger partial charge is 0.341 e. The van der Waals surface area contributed by atoms with Crippen LogP contribution >= 0.6 is 15.2 Å². The molecule has 3 aromatic rings. The van der Waals surface area contributed by atoms with E-state index in [0.29, 0.717) is 31.8 Å². The molecule has 5 aliphatic heterocycles. The highest BCUT2D eigenvalue weighted by atomic mass is 31.2. The van der Waals surface area contributed by atoms with Gasteiger partial charge in [0.25, 0.3) is 11.7 Å². The summed E-state index contributed by atoms with van der Waals surface area (Å²) in [5.74, 6) is -9.29. The van der Waals surface area contributed by atoms with Gasteiger partial charge in [-0.05, 0) is 57.0 Å². The van der Waals surface area contributed by atoms with E-state index in [1.807, 2.05) is 0 Å². The Balaban J connectivity index is 1.22. The van der Waals surface area contributed by atoms with Crippen LogP contribution in [0.25, 0.3) is 10.8 Å². The zero-order valence-corrected chi connectivity index (χ0v) is 52.1. The van der Waals surface area contributed by atoms with Gasteiger partial charge in [-0.3, -0.25) is 48.0 Å². The molecular weight excluding hydrogens is 1160 g/mol. The number of amides is 2. The molecule has 25 nitrogen and oxygen atoms in total. The summed E-state index contributed by atoms with van der Waals surface area (Å²) in [4.78, 5) is 121. The number of carbonyl (C=O) groups excluding carboxylic acids is 5. The number of nitrogens with one attached hydrogen (secondary N) is 2. The minimum absolute atomic E-state index is 0.0151. The number of aliphatic hydroxyl groups excluding tert-OH is 1. The summed E-state index contributed by atoms with van der Waals surface area (Å²) >= 11 is 0. The minimum Gasteiger partial charge on any atom is -0.507 e. The first kappa shape index (κ1) is 67.1. The molecule has 2 amide bonds. The molecule has 5 heterocycles. The molecule has 27 heteroatoms. The van der Waals surface area contributed by atoms with E-state index in [1.54, 1.807) is 39.8 Å². The van der Waals surface area contributed by atoms with E-state index in [1.165, 1.54) is 89.4 Å². The van der Waals surface area contributed by atoms with Crippen LogP contribution in [0.1, 0.15) is 96.6 Å². The van der Waals surface area contributed by atoms with Crippen molar-refractivity contribution in [3.63, 3.8) is 0 Å². The van der Waals surface area contributed by atoms with E-state index < -0.39 is 134 Å². The van der Waals surface area contributed by atoms with Gasteiger partial charge in [0, 0.05) is 99.3 Å².